The average Bonchev–Trinajstić information content (AvgIpc) is 2.76. The number of carbonyl (C=O) groups excluding carboxylic acids is 1. The van der Waals surface area contributed by atoms with Crippen LogP contribution in [0.5, 0.6) is 0 Å². The summed E-state index contributed by atoms with van der Waals surface area (Å²) in [6.45, 7) is 2.27. The molecule has 0 aliphatic rings. The monoisotopic (exact) mass is 422 g/mol. The van der Waals surface area contributed by atoms with Gasteiger partial charge in [-0.15, -0.1) is 0 Å². The smallest absolute Gasteiger partial charge is 0.170 e. The molecule has 3 heteroatoms. The van der Waals surface area contributed by atoms with Crippen LogP contribution in [-0.2, 0) is 0 Å². The van der Waals surface area contributed by atoms with Gasteiger partial charge in [0.05, 0.1) is 0 Å². The molecule has 0 saturated heterocycles. The summed E-state index contributed by atoms with van der Waals surface area (Å²) in [7, 11) is 0. The summed E-state index contributed by atoms with van der Waals surface area (Å²) in [5.74, 6) is -0.0191. The molecule has 1 atom stereocenters. The van der Waals surface area contributed by atoms with Crippen molar-refractivity contribution in [3.63, 3.8) is 0 Å². The third-order valence-electron chi connectivity index (χ3n) is 6.15. The molecule has 2 rings (SSSR count). The van der Waals surface area contributed by atoms with Crippen molar-refractivity contribution in [1.82, 2.24) is 0 Å². The largest absolute Gasteiger partial charge is 0.399 e. The Labute approximate surface area is 189 Å². The van der Waals surface area contributed by atoms with Crippen LogP contribution >= 0.6 is 0 Å². The number of benzene rings is 2. The van der Waals surface area contributed by atoms with Crippen LogP contribution in [0.4, 0.5) is 11.4 Å². The molecule has 31 heavy (non-hydrogen) atoms. The van der Waals surface area contributed by atoms with Crippen molar-refractivity contribution in [1.29, 1.82) is 0 Å². The van der Waals surface area contributed by atoms with Crippen LogP contribution in [-0.4, -0.2) is 5.78 Å². The van der Waals surface area contributed by atoms with E-state index in [-0.39, 0.29) is 11.7 Å². The van der Waals surface area contributed by atoms with E-state index in [2.05, 4.69) is 6.92 Å². The van der Waals surface area contributed by atoms with Crippen molar-refractivity contribution >= 4 is 17.2 Å². The normalized spacial score (nSPS) is 12.0. The number of Topliss-reactive ketones (excluding diaryl/α,β-unsaturated/α-hetero) is 1. The Balaban J connectivity index is 1.76. The van der Waals surface area contributed by atoms with Crippen LogP contribution in [0, 0.1) is 0 Å². The summed E-state index contributed by atoms with van der Waals surface area (Å²) in [5, 5.41) is 0. The quantitative estimate of drug-likeness (QED) is 0.164. The Morgan fingerprint density at radius 2 is 1.23 bits per heavy atom. The number of hydrogen-bond acceptors (Lipinski definition) is 3. The second-order valence-corrected chi connectivity index (χ2v) is 8.89. The van der Waals surface area contributed by atoms with Crippen LogP contribution in [0.2, 0.25) is 0 Å². The predicted octanol–water partition coefficient (Wildman–Crippen LogP) is 7.91. The Hall–Kier alpha value is -2.29. The molecule has 1 unspecified atom stereocenters. The van der Waals surface area contributed by atoms with E-state index in [0.29, 0.717) is 16.9 Å². The minimum atomic E-state index is -0.159. The average molecular weight is 423 g/mol. The van der Waals surface area contributed by atoms with E-state index in [1.54, 1.807) is 6.07 Å². The Bertz CT molecular complexity index is 771. The highest BCUT2D eigenvalue weighted by Gasteiger charge is 2.22. The highest BCUT2D eigenvalue weighted by Crippen LogP contribution is 2.29. The molecular formula is C28H42N2O. The van der Waals surface area contributed by atoms with Crippen molar-refractivity contribution in [2.24, 2.45) is 0 Å². The molecule has 0 aromatic heterocycles. The lowest BCUT2D eigenvalue weighted by atomic mass is 9.86. The summed E-state index contributed by atoms with van der Waals surface area (Å²) in [4.78, 5) is 13.2. The maximum absolute atomic E-state index is 13.2. The van der Waals surface area contributed by atoms with Gasteiger partial charge in [0.25, 0.3) is 0 Å². The minimum Gasteiger partial charge on any atom is -0.399 e. The highest BCUT2D eigenvalue weighted by atomic mass is 16.1. The summed E-state index contributed by atoms with van der Waals surface area (Å²) in [6.07, 6.45) is 16.7. The Kier molecular flexibility index (Phi) is 11.8. The van der Waals surface area contributed by atoms with E-state index < -0.39 is 0 Å². The molecule has 0 fully saturated rings. The number of ketones is 1. The first kappa shape index (κ1) is 25.0. The van der Waals surface area contributed by atoms with Crippen LogP contribution in [0.1, 0.15) is 112 Å². The van der Waals surface area contributed by atoms with E-state index in [0.717, 1.165) is 18.4 Å². The van der Waals surface area contributed by atoms with Gasteiger partial charge in [-0.3, -0.25) is 4.79 Å². The molecule has 0 heterocycles. The molecule has 0 aliphatic carbocycles. The van der Waals surface area contributed by atoms with E-state index in [1.807, 2.05) is 42.5 Å². The molecule has 0 bridgehead atoms. The third kappa shape index (κ3) is 9.59. The number of carbonyl (C=O) groups is 1. The molecule has 3 nitrogen and oxygen atoms in total. The van der Waals surface area contributed by atoms with Gasteiger partial charge in [-0.05, 0) is 36.2 Å². The van der Waals surface area contributed by atoms with Gasteiger partial charge >= 0.3 is 0 Å². The number of nitrogens with two attached hydrogens (primary N) is 2. The first-order valence-corrected chi connectivity index (χ1v) is 12.4. The lowest BCUT2D eigenvalue weighted by molar-refractivity contribution is 0.0953. The zero-order valence-corrected chi connectivity index (χ0v) is 19.5. The fourth-order valence-electron chi connectivity index (χ4n) is 4.31. The van der Waals surface area contributed by atoms with Gasteiger partial charge in [-0.2, -0.15) is 0 Å². The molecule has 0 amide bonds. The van der Waals surface area contributed by atoms with Crippen molar-refractivity contribution in [2.45, 2.75) is 96.3 Å². The van der Waals surface area contributed by atoms with Gasteiger partial charge in [-0.1, -0.05) is 108 Å². The van der Waals surface area contributed by atoms with E-state index >= 15 is 0 Å². The Morgan fingerprint density at radius 1 is 0.710 bits per heavy atom. The third-order valence-corrected chi connectivity index (χ3v) is 6.15. The summed E-state index contributed by atoms with van der Waals surface area (Å²) in [6, 6.07) is 15.1. The second kappa shape index (κ2) is 14.7. The maximum atomic E-state index is 13.2. The number of hydrogen-bond donors (Lipinski definition) is 2. The van der Waals surface area contributed by atoms with Crippen LogP contribution in [0.3, 0.4) is 0 Å². The number of unbranched alkanes of at least 4 members (excludes halogenated alkanes) is 11. The fourth-order valence-corrected chi connectivity index (χ4v) is 4.31. The summed E-state index contributed by atoms with van der Waals surface area (Å²) >= 11 is 0. The fraction of sp³-hybridized carbons (Fsp3) is 0.536. The maximum Gasteiger partial charge on any atom is 0.170 e. The molecule has 0 radical (unpaired) electrons. The Morgan fingerprint density at radius 3 is 1.77 bits per heavy atom. The van der Waals surface area contributed by atoms with Gasteiger partial charge in [-0.25, -0.2) is 0 Å². The second-order valence-electron chi connectivity index (χ2n) is 8.89. The van der Waals surface area contributed by atoms with Crippen molar-refractivity contribution < 1.29 is 4.79 Å². The van der Waals surface area contributed by atoms with Gasteiger partial charge < -0.3 is 11.5 Å². The van der Waals surface area contributed by atoms with Gasteiger partial charge in [0.1, 0.15) is 0 Å². The standard InChI is InChI=1S/C28H42N2O/c1-2-3-4-5-6-7-8-9-10-11-12-13-20-27(23-16-14-18-25(29)21-23)28(31)24-17-15-19-26(30)22-24/h14-19,21-22,27H,2-13,20,29-30H2,1H3. The first-order valence-electron chi connectivity index (χ1n) is 12.4. The molecule has 4 N–H and O–H groups in total. The number of nitrogen functional groups attached to an aromatic ring is 2. The molecule has 2 aromatic carbocycles. The van der Waals surface area contributed by atoms with Gasteiger partial charge in [0.15, 0.2) is 5.78 Å². The molecule has 2 aromatic rings. The van der Waals surface area contributed by atoms with E-state index in [1.165, 1.54) is 70.6 Å². The van der Waals surface area contributed by atoms with E-state index in [9.17, 15) is 4.79 Å². The molecule has 0 saturated carbocycles. The number of rotatable bonds is 16. The molecule has 170 valence electrons. The predicted molar refractivity (Wildman–Crippen MR) is 134 cm³/mol. The zero-order chi connectivity index (χ0) is 22.3. The van der Waals surface area contributed by atoms with Crippen molar-refractivity contribution in [2.75, 3.05) is 11.5 Å². The van der Waals surface area contributed by atoms with Crippen molar-refractivity contribution in [3.8, 4) is 0 Å². The molecular weight excluding hydrogens is 380 g/mol. The topological polar surface area (TPSA) is 69.1 Å². The van der Waals surface area contributed by atoms with Crippen molar-refractivity contribution in [3.05, 3.63) is 59.7 Å². The van der Waals surface area contributed by atoms with Gasteiger partial charge in [0.2, 0.25) is 0 Å². The molecule has 0 spiro atoms. The lowest BCUT2D eigenvalue weighted by Gasteiger charge is -2.17. The zero-order valence-electron chi connectivity index (χ0n) is 19.5. The SMILES string of the molecule is CCCCCCCCCCCCCCC(C(=O)c1cccc(N)c1)c1cccc(N)c1. The number of anilines is 2. The van der Waals surface area contributed by atoms with Crippen LogP contribution < -0.4 is 11.5 Å². The lowest BCUT2D eigenvalue weighted by Crippen LogP contribution is -2.14. The first-order chi connectivity index (χ1) is 15.1. The summed E-state index contributed by atoms with van der Waals surface area (Å²) in [5.41, 5.74) is 14.9. The van der Waals surface area contributed by atoms with Crippen LogP contribution in [0.15, 0.2) is 48.5 Å². The summed E-state index contributed by atoms with van der Waals surface area (Å²) < 4.78 is 0. The highest BCUT2D eigenvalue weighted by molar-refractivity contribution is 6.01. The minimum absolute atomic E-state index is 0.140. The van der Waals surface area contributed by atoms with Gasteiger partial charge in [0, 0.05) is 22.9 Å². The van der Waals surface area contributed by atoms with E-state index in [4.69, 9.17) is 11.5 Å². The van der Waals surface area contributed by atoms with Crippen LogP contribution in [0.25, 0.3) is 0 Å². The molecule has 0 aliphatic heterocycles.